The van der Waals surface area contributed by atoms with Gasteiger partial charge in [-0.3, -0.25) is 4.57 Å². The van der Waals surface area contributed by atoms with Gasteiger partial charge in [0, 0.05) is 0 Å². The van der Waals surface area contributed by atoms with Gasteiger partial charge in [0.25, 0.3) is 10.0 Å². The number of nitrogens with one attached hydrogen (secondary N) is 1. The SMILES string of the molecule is CCOP(=O)(OCC)C1(/N=N/NS(=O)(=O)c2c(C(C)C)cc(C(C)C)cc2C(C)C)CCC1. The third-order valence-electron chi connectivity index (χ3n) is 6.01. The molecule has 0 atom stereocenters. The van der Waals surface area contributed by atoms with E-state index in [9.17, 15) is 13.0 Å². The molecule has 8 nitrogen and oxygen atoms in total. The van der Waals surface area contributed by atoms with Crippen LogP contribution in [0.4, 0.5) is 0 Å². The third kappa shape index (κ3) is 5.87. The molecule has 1 aromatic carbocycles. The average molecular weight is 502 g/mol. The van der Waals surface area contributed by atoms with E-state index in [0.29, 0.717) is 12.8 Å². The van der Waals surface area contributed by atoms with Crippen LogP contribution in [0.2, 0.25) is 0 Å². The first-order chi connectivity index (χ1) is 15.3. The van der Waals surface area contributed by atoms with E-state index in [-0.39, 0.29) is 35.9 Å². The maximum atomic E-state index is 13.5. The molecule has 33 heavy (non-hydrogen) atoms. The van der Waals surface area contributed by atoms with Crippen LogP contribution in [0.5, 0.6) is 0 Å². The van der Waals surface area contributed by atoms with Crippen LogP contribution in [0.25, 0.3) is 0 Å². The Balaban J connectivity index is 2.49. The van der Waals surface area contributed by atoms with Crippen LogP contribution in [-0.2, 0) is 23.6 Å². The van der Waals surface area contributed by atoms with E-state index in [4.69, 9.17) is 9.05 Å². The van der Waals surface area contributed by atoms with Crippen LogP contribution < -0.4 is 4.83 Å². The van der Waals surface area contributed by atoms with Crippen LogP contribution in [0.1, 0.15) is 109 Å². The van der Waals surface area contributed by atoms with Gasteiger partial charge in [0.1, 0.15) is 0 Å². The Morgan fingerprint density at radius 3 is 1.79 bits per heavy atom. The molecule has 0 saturated heterocycles. The van der Waals surface area contributed by atoms with E-state index in [0.717, 1.165) is 23.1 Å². The van der Waals surface area contributed by atoms with Crippen LogP contribution in [0.15, 0.2) is 27.4 Å². The maximum Gasteiger partial charge on any atom is 0.359 e. The number of sulfonamides is 1. The summed E-state index contributed by atoms with van der Waals surface area (Å²) in [5.41, 5.74) is 2.60. The summed E-state index contributed by atoms with van der Waals surface area (Å²) >= 11 is 0. The molecule has 0 radical (unpaired) electrons. The minimum absolute atomic E-state index is 0.00110. The molecule has 1 N–H and O–H groups in total. The molecule has 1 aliphatic carbocycles. The van der Waals surface area contributed by atoms with Crippen LogP contribution >= 0.6 is 7.60 Å². The van der Waals surface area contributed by atoms with Crippen molar-refractivity contribution in [2.24, 2.45) is 10.3 Å². The van der Waals surface area contributed by atoms with Crippen molar-refractivity contribution in [3.63, 3.8) is 0 Å². The standard InChI is InChI=1S/C23H40N3O5PS/c1-9-30-32(27,31-10-2)23(12-11-13-23)24-25-26-33(28,29)22-20(17(5)6)14-19(16(3)4)15-21(22)18(7)8/h14-18H,9-13H2,1-8H3,(H,24,26). The summed E-state index contributed by atoms with van der Waals surface area (Å²) in [6.45, 7) is 16.0. The van der Waals surface area contributed by atoms with E-state index in [2.05, 4.69) is 29.0 Å². The molecular formula is C23H40N3O5PS. The fourth-order valence-electron chi connectivity index (χ4n) is 3.95. The Kier molecular flexibility index (Phi) is 9.30. The third-order valence-corrected chi connectivity index (χ3v) is 10.1. The Hall–Kier alpha value is -1.28. The normalized spacial score (nSPS) is 16.7. The Labute approximate surface area is 199 Å². The highest BCUT2D eigenvalue weighted by molar-refractivity contribution is 7.89. The fraction of sp³-hybridized carbons (Fsp3) is 0.739. The van der Waals surface area contributed by atoms with Gasteiger partial charge in [0.15, 0.2) is 5.28 Å². The molecule has 1 aromatic rings. The summed E-state index contributed by atoms with van der Waals surface area (Å²) in [5, 5.41) is 6.91. The first-order valence-corrected chi connectivity index (χ1v) is 14.9. The molecule has 1 aliphatic rings. The first-order valence-electron chi connectivity index (χ1n) is 11.8. The molecule has 0 aromatic heterocycles. The van der Waals surface area contributed by atoms with Crippen molar-refractivity contribution in [2.45, 2.75) is 103 Å². The molecule has 0 aliphatic heterocycles. The van der Waals surface area contributed by atoms with E-state index in [1.807, 2.05) is 39.8 Å². The summed E-state index contributed by atoms with van der Waals surface area (Å²) in [5.74, 6) is 0.270. The van der Waals surface area contributed by atoms with Crippen LogP contribution in [0, 0.1) is 0 Å². The smallest absolute Gasteiger partial charge is 0.307 e. The quantitative estimate of drug-likeness (QED) is 0.191. The Bertz CT molecular complexity index is 962. The summed E-state index contributed by atoms with van der Waals surface area (Å²) < 4.78 is 51.2. The summed E-state index contributed by atoms with van der Waals surface area (Å²) in [7, 11) is -7.58. The number of nitrogens with zero attached hydrogens (tertiary/aromatic N) is 2. The van der Waals surface area contributed by atoms with E-state index < -0.39 is 22.9 Å². The molecule has 10 heteroatoms. The number of hydrogen-bond acceptors (Lipinski definition) is 7. The van der Waals surface area contributed by atoms with Gasteiger partial charge in [-0.25, -0.2) is 0 Å². The zero-order chi connectivity index (χ0) is 25.0. The molecule has 0 spiro atoms. The van der Waals surface area contributed by atoms with E-state index in [1.54, 1.807) is 13.8 Å². The van der Waals surface area contributed by atoms with Gasteiger partial charge in [-0.15, -0.1) is 0 Å². The Morgan fingerprint density at radius 1 is 0.970 bits per heavy atom. The second kappa shape index (κ2) is 11.0. The molecule has 0 heterocycles. The summed E-state index contributed by atoms with van der Waals surface area (Å²) in [6.07, 6.45) is 1.72. The first kappa shape index (κ1) is 28.0. The van der Waals surface area contributed by atoms with Crippen molar-refractivity contribution in [2.75, 3.05) is 13.2 Å². The van der Waals surface area contributed by atoms with Crippen molar-refractivity contribution in [1.29, 1.82) is 0 Å². The van der Waals surface area contributed by atoms with Gasteiger partial charge in [-0.05, 0) is 67.6 Å². The summed E-state index contributed by atoms with van der Waals surface area (Å²) in [6, 6.07) is 3.94. The minimum Gasteiger partial charge on any atom is -0.307 e. The average Bonchev–Trinajstić information content (AvgIpc) is 2.68. The lowest BCUT2D eigenvalue weighted by molar-refractivity contribution is 0.167. The lowest BCUT2D eigenvalue weighted by Gasteiger charge is -2.40. The molecule has 0 amide bonds. The van der Waals surface area contributed by atoms with Crippen LogP contribution in [0.3, 0.4) is 0 Å². The molecule has 1 fully saturated rings. The predicted octanol–water partition coefficient (Wildman–Crippen LogP) is 6.85. The van der Waals surface area contributed by atoms with Gasteiger partial charge in [-0.1, -0.05) is 58.9 Å². The van der Waals surface area contributed by atoms with Gasteiger partial charge in [0.05, 0.1) is 18.1 Å². The largest absolute Gasteiger partial charge is 0.359 e. The van der Waals surface area contributed by atoms with Crippen LogP contribution in [-0.4, -0.2) is 26.9 Å². The lowest BCUT2D eigenvalue weighted by atomic mass is 9.89. The van der Waals surface area contributed by atoms with Crippen molar-refractivity contribution < 1.29 is 22.0 Å². The number of benzene rings is 1. The predicted molar refractivity (Wildman–Crippen MR) is 131 cm³/mol. The molecule has 188 valence electrons. The molecule has 0 unspecified atom stereocenters. The van der Waals surface area contributed by atoms with E-state index >= 15 is 0 Å². The van der Waals surface area contributed by atoms with Crippen molar-refractivity contribution >= 4 is 17.6 Å². The fourth-order valence-corrected chi connectivity index (χ4v) is 7.65. The van der Waals surface area contributed by atoms with Gasteiger partial charge in [0.2, 0.25) is 0 Å². The number of hydrogen-bond donors (Lipinski definition) is 1. The highest BCUT2D eigenvalue weighted by Crippen LogP contribution is 2.68. The molecule has 2 rings (SSSR count). The van der Waals surface area contributed by atoms with E-state index in [1.165, 1.54) is 0 Å². The summed E-state index contributed by atoms with van der Waals surface area (Å²) in [4.78, 5) is 2.54. The second-order valence-corrected chi connectivity index (χ2v) is 13.4. The number of rotatable bonds is 12. The lowest BCUT2D eigenvalue weighted by Crippen LogP contribution is -2.37. The molecular weight excluding hydrogens is 461 g/mol. The maximum absolute atomic E-state index is 13.5. The second-order valence-electron chi connectivity index (χ2n) is 9.46. The van der Waals surface area contributed by atoms with Gasteiger partial charge in [-0.2, -0.15) is 18.4 Å². The monoisotopic (exact) mass is 501 g/mol. The highest BCUT2D eigenvalue weighted by Gasteiger charge is 2.56. The van der Waals surface area contributed by atoms with Gasteiger partial charge < -0.3 is 9.05 Å². The molecule has 0 bridgehead atoms. The van der Waals surface area contributed by atoms with Gasteiger partial charge >= 0.3 is 7.60 Å². The highest BCUT2D eigenvalue weighted by atomic mass is 32.2. The zero-order valence-corrected chi connectivity index (χ0v) is 22.9. The Morgan fingerprint density at radius 2 is 1.45 bits per heavy atom. The van der Waals surface area contributed by atoms with Crippen molar-refractivity contribution in [1.82, 2.24) is 4.83 Å². The zero-order valence-electron chi connectivity index (χ0n) is 21.2. The topological polar surface area (TPSA) is 106 Å². The molecule has 1 saturated carbocycles. The van der Waals surface area contributed by atoms with Crippen molar-refractivity contribution in [3.8, 4) is 0 Å². The minimum atomic E-state index is -4.01. The van der Waals surface area contributed by atoms with Crippen molar-refractivity contribution in [3.05, 3.63) is 28.8 Å².